The molecule has 0 aliphatic rings. The van der Waals surface area contributed by atoms with Crippen LogP contribution in [0.1, 0.15) is 0 Å². The van der Waals surface area contributed by atoms with Crippen LogP contribution in [0.15, 0.2) is 71.4 Å². The maximum atomic E-state index is 2.31. The zero-order chi connectivity index (χ0) is 12.7. The second kappa shape index (κ2) is 4.22. The lowest BCUT2D eigenvalue weighted by Gasteiger charge is -2.09. The second-order valence-electron chi connectivity index (χ2n) is 4.70. The summed E-state index contributed by atoms with van der Waals surface area (Å²) in [6, 6.07) is 21.8. The molecule has 4 rings (SSSR count). The van der Waals surface area contributed by atoms with Crippen LogP contribution in [-0.2, 0) is 0 Å². The van der Waals surface area contributed by atoms with Gasteiger partial charge in [0.25, 0.3) is 0 Å². The summed E-state index contributed by atoms with van der Waals surface area (Å²) in [6.07, 6.45) is 0. The van der Waals surface area contributed by atoms with Crippen LogP contribution >= 0.6 is 11.3 Å². The van der Waals surface area contributed by atoms with Crippen LogP contribution in [0, 0.1) is 0 Å². The molecule has 4 aromatic rings. The number of hydrogen-bond donors (Lipinski definition) is 0. The van der Waals surface area contributed by atoms with E-state index in [1.165, 1.54) is 32.7 Å². The van der Waals surface area contributed by atoms with Gasteiger partial charge in [0.05, 0.1) is 0 Å². The van der Waals surface area contributed by atoms with E-state index in [1.54, 1.807) is 11.3 Å². The van der Waals surface area contributed by atoms with Crippen LogP contribution in [0.2, 0.25) is 0 Å². The molecule has 0 saturated heterocycles. The van der Waals surface area contributed by atoms with E-state index in [0.29, 0.717) is 0 Å². The van der Waals surface area contributed by atoms with E-state index in [-0.39, 0.29) is 0 Å². The Kier molecular flexibility index (Phi) is 2.39. The van der Waals surface area contributed by atoms with Gasteiger partial charge in [0.1, 0.15) is 0 Å². The molecule has 0 spiro atoms. The summed E-state index contributed by atoms with van der Waals surface area (Å²) >= 11 is 1.75. The zero-order valence-electron chi connectivity index (χ0n) is 10.3. The average molecular weight is 260 g/mol. The first-order valence-electron chi connectivity index (χ1n) is 6.36. The van der Waals surface area contributed by atoms with E-state index >= 15 is 0 Å². The van der Waals surface area contributed by atoms with Crippen molar-refractivity contribution in [1.29, 1.82) is 0 Å². The smallest absolute Gasteiger partial charge is 0.00145 e. The summed E-state index contributed by atoms with van der Waals surface area (Å²) < 4.78 is 0. The van der Waals surface area contributed by atoms with Crippen molar-refractivity contribution in [1.82, 2.24) is 0 Å². The van der Waals surface area contributed by atoms with Gasteiger partial charge in [0.15, 0.2) is 0 Å². The molecule has 0 aliphatic heterocycles. The molecule has 0 saturated carbocycles. The maximum absolute atomic E-state index is 2.31. The summed E-state index contributed by atoms with van der Waals surface area (Å²) in [7, 11) is 0. The Labute approximate surface area is 115 Å². The highest BCUT2D eigenvalue weighted by molar-refractivity contribution is 7.08. The van der Waals surface area contributed by atoms with Crippen molar-refractivity contribution in [3.05, 3.63) is 71.4 Å². The quantitative estimate of drug-likeness (QED) is 0.384. The Balaban J connectivity index is 2.22. The molecule has 1 heteroatoms. The predicted molar refractivity (Wildman–Crippen MR) is 84.8 cm³/mol. The molecule has 0 N–H and O–H groups in total. The number of thiophene rings is 1. The molecular formula is C18H12S. The molecule has 19 heavy (non-hydrogen) atoms. The predicted octanol–water partition coefficient (Wildman–Crippen LogP) is 5.72. The highest BCUT2D eigenvalue weighted by Gasteiger charge is 2.07. The topological polar surface area (TPSA) is 0 Å². The molecule has 90 valence electrons. The molecule has 1 aromatic heterocycles. The van der Waals surface area contributed by atoms with E-state index < -0.39 is 0 Å². The number of rotatable bonds is 1. The highest BCUT2D eigenvalue weighted by Crippen LogP contribution is 2.35. The molecule has 0 aliphatic carbocycles. The second-order valence-corrected chi connectivity index (χ2v) is 5.48. The molecule has 0 unspecified atom stereocenters. The van der Waals surface area contributed by atoms with Crippen molar-refractivity contribution in [2.24, 2.45) is 0 Å². The van der Waals surface area contributed by atoms with Crippen molar-refractivity contribution in [3.63, 3.8) is 0 Å². The van der Waals surface area contributed by atoms with Crippen molar-refractivity contribution < 1.29 is 0 Å². The molecule has 0 nitrogen and oxygen atoms in total. The van der Waals surface area contributed by atoms with E-state index in [4.69, 9.17) is 0 Å². The van der Waals surface area contributed by atoms with Gasteiger partial charge in [-0.2, -0.15) is 11.3 Å². The minimum Gasteiger partial charge on any atom is -0.152 e. The summed E-state index contributed by atoms with van der Waals surface area (Å²) in [5.74, 6) is 0. The lowest BCUT2D eigenvalue weighted by molar-refractivity contribution is 1.74. The van der Waals surface area contributed by atoms with Crippen molar-refractivity contribution >= 4 is 32.9 Å². The molecule has 1 heterocycles. The molecule has 0 fully saturated rings. The molecule has 3 aromatic carbocycles. The van der Waals surface area contributed by atoms with Crippen molar-refractivity contribution in [2.75, 3.05) is 0 Å². The first-order valence-corrected chi connectivity index (χ1v) is 7.31. The van der Waals surface area contributed by atoms with Gasteiger partial charge >= 0.3 is 0 Å². The SMILES string of the molecule is c1ccc2c(c1)cc(-c1ccsc1)c1ccccc12. The van der Waals surface area contributed by atoms with Crippen LogP contribution in [0.4, 0.5) is 0 Å². The van der Waals surface area contributed by atoms with Crippen LogP contribution in [0.25, 0.3) is 32.7 Å². The summed E-state index contributed by atoms with van der Waals surface area (Å²) in [4.78, 5) is 0. The summed E-state index contributed by atoms with van der Waals surface area (Å²) in [5.41, 5.74) is 2.64. The van der Waals surface area contributed by atoms with Gasteiger partial charge in [-0.05, 0) is 55.6 Å². The minimum absolute atomic E-state index is 1.31. The van der Waals surface area contributed by atoms with Gasteiger partial charge in [-0.3, -0.25) is 0 Å². The van der Waals surface area contributed by atoms with Gasteiger partial charge in [0, 0.05) is 0 Å². The third kappa shape index (κ3) is 1.66. The van der Waals surface area contributed by atoms with Crippen LogP contribution in [-0.4, -0.2) is 0 Å². The van der Waals surface area contributed by atoms with Gasteiger partial charge in [-0.25, -0.2) is 0 Å². The standard InChI is InChI=1S/C18H12S/c1-2-6-15-13(5-1)11-18(14-9-10-19-12-14)17-8-4-3-7-16(15)17/h1-12H. The normalized spacial score (nSPS) is 11.2. The van der Waals surface area contributed by atoms with Crippen molar-refractivity contribution in [3.8, 4) is 11.1 Å². The monoisotopic (exact) mass is 260 g/mol. The maximum Gasteiger partial charge on any atom is -0.00145 e. The fourth-order valence-electron chi connectivity index (χ4n) is 2.71. The van der Waals surface area contributed by atoms with Gasteiger partial charge in [-0.15, -0.1) is 0 Å². The number of benzene rings is 3. The molecule has 0 atom stereocenters. The average Bonchev–Trinajstić information content (AvgIpc) is 3.00. The Morgan fingerprint density at radius 1 is 0.684 bits per heavy atom. The van der Waals surface area contributed by atoms with E-state index in [2.05, 4.69) is 71.4 Å². The van der Waals surface area contributed by atoms with Crippen LogP contribution in [0.3, 0.4) is 0 Å². The first-order chi connectivity index (χ1) is 9.43. The highest BCUT2D eigenvalue weighted by atomic mass is 32.1. The zero-order valence-corrected chi connectivity index (χ0v) is 11.2. The van der Waals surface area contributed by atoms with E-state index in [0.717, 1.165) is 0 Å². The Morgan fingerprint density at radius 3 is 2.21 bits per heavy atom. The van der Waals surface area contributed by atoms with Crippen molar-refractivity contribution in [2.45, 2.75) is 0 Å². The van der Waals surface area contributed by atoms with Crippen LogP contribution < -0.4 is 0 Å². The Bertz CT molecular complexity index is 857. The third-order valence-corrected chi connectivity index (χ3v) is 4.28. The first kappa shape index (κ1) is 10.8. The fourth-order valence-corrected chi connectivity index (χ4v) is 3.37. The Hall–Kier alpha value is -2.12. The largest absolute Gasteiger partial charge is 0.152 e. The van der Waals surface area contributed by atoms with Crippen LogP contribution in [0.5, 0.6) is 0 Å². The van der Waals surface area contributed by atoms with Gasteiger partial charge in [0.2, 0.25) is 0 Å². The third-order valence-electron chi connectivity index (χ3n) is 3.60. The van der Waals surface area contributed by atoms with Gasteiger partial charge < -0.3 is 0 Å². The number of hydrogen-bond acceptors (Lipinski definition) is 1. The van der Waals surface area contributed by atoms with E-state index in [1.807, 2.05) is 0 Å². The number of fused-ring (bicyclic) bond motifs is 3. The molecule has 0 amide bonds. The lowest BCUT2D eigenvalue weighted by Crippen LogP contribution is -1.82. The summed E-state index contributed by atoms with van der Waals surface area (Å²) in [5, 5.41) is 9.66. The Morgan fingerprint density at radius 2 is 1.42 bits per heavy atom. The minimum atomic E-state index is 1.31. The molecular weight excluding hydrogens is 248 g/mol. The van der Waals surface area contributed by atoms with E-state index in [9.17, 15) is 0 Å². The molecule has 0 radical (unpaired) electrons. The molecule has 0 bridgehead atoms. The summed E-state index contributed by atoms with van der Waals surface area (Å²) in [6.45, 7) is 0. The lowest BCUT2D eigenvalue weighted by atomic mass is 9.95. The van der Waals surface area contributed by atoms with Gasteiger partial charge in [-0.1, -0.05) is 48.5 Å². The fraction of sp³-hybridized carbons (Fsp3) is 0.